The van der Waals surface area contributed by atoms with Crippen LogP contribution in [0.15, 0.2) is 29.6 Å². The topological polar surface area (TPSA) is 77.2 Å². The van der Waals surface area contributed by atoms with Crippen molar-refractivity contribution in [2.45, 2.75) is 6.92 Å². The molecule has 0 bridgehead atoms. The molecule has 1 heterocycles. The van der Waals surface area contributed by atoms with Crippen molar-refractivity contribution in [1.82, 2.24) is 4.98 Å². The van der Waals surface area contributed by atoms with Crippen molar-refractivity contribution in [2.24, 2.45) is 5.73 Å². The number of nitrogens with two attached hydrogens (primary N) is 1. The number of carbonyl (C=O) groups is 1. The van der Waals surface area contributed by atoms with Crippen LogP contribution in [0.4, 0.5) is 5.13 Å². The molecule has 0 aliphatic heterocycles. The van der Waals surface area contributed by atoms with Gasteiger partial charge in [0.05, 0.1) is 18.8 Å². The second-order valence-electron chi connectivity index (χ2n) is 3.75. The summed E-state index contributed by atoms with van der Waals surface area (Å²) in [6.45, 7) is 2.55. The number of thiazole rings is 1. The first kappa shape index (κ1) is 13.5. The van der Waals surface area contributed by atoms with Gasteiger partial charge in [-0.2, -0.15) is 0 Å². The van der Waals surface area contributed by atoms with E-state index in [1.165, 1.54) is 11.3 Å². The Bertz CT molecular complexity index is 551. The lowest BCUT2D eigenvalue weighted by molar-refractivity contribution is -0.114. The molecule has 3 N–H and O–H groups in total. The second-order valence-corrected chi connectivity index (χ2v) is 4.61. The summed E-state index contributed by atoms with van der Waals surface area (Å²) in [5, 5.41) is 5.08. The number of nitrogens with zero attached hydrogens (tertiary/aromatic N) is 1. The summed E-state index contributed by atoms with van der Waals surface area (Å²) in [6, 6.07) is 7.68. The minimum absolute atomic E-state index is 0.0437. The van der Waals surface area contributed by atoms with Crippen LogP contribution in [0, 0.1) is 0 Å². The summed E-state index contributed by atoms with van der Waals surface area (Å²) in [5.74, 6) is 0.589. The second kappa shape index (κ2) is 6.31. The van der Waals surface area contributed by atoms with E-state index in [1.54, 1.807) is 0 Å². The third-order valence-electron chi connectivity index (χ3n) is 2.40. The van der Waals surface area contributed by atoms with Crippen LogP contribution in [0.2, 0.25) is 0 Å². The third kappa shape index (κ3) is 3.52. The average molecular weight is 277 g/mol. The van der Waals surface area contributed by atoms with E-state index < -0.39 is 0 Å². The number of rotatable bonds is 5. The maximum absolute atomic E-state index is 11.2. The molecule has 1 aromatic carbocycles. The Balaban J connectivity index is 2.11. The van der Waals surface area contributed by atoms with E-state index >= 15 is 0 Å². The molecule has 0 aliphatic rings. The van der Waals surface area contributed by atoms with Crippen molar-refractivity contribution in [3.63, 3.8) is 0 Å². The number of carbonyl (C=O) groups excluding carboxylic acids is 1. The monoisotopic (exact) mass is 277 g/mol. The number of benzene rings is 1. The van der Waals surface area contributed by atoms with E-state index in [9.17, 15) is 4.79 Å². The summed E-state index contributed by atoms with van der Waals surface area (Å²) < 4.78 is 5.38. The molecule has 1 amide bonds. The number of ether oxygens (including phenoxy) is 1. The predicted octanol–water partition coefficient (Wildman–Crippen LogP) is 2.11. The zero-order chi connectivity index (χ0) is 13.7. The van der Waals surface area contributed by atoms with Gasteiger partial charge >= 0.3 is 0 Å². The van der Waals surface area contributed by atoms with Gasteiger partial charge in [0, 0.05) is 10.9 Å². The number of anilines is 1. The molecule has 19 heavy (non-hydrogen) atoms. The average Bonchev–Trinajstić information content (AvgIpc) is 2.88. The Kier molecular flexibility index (Phi) is 4.48. The lowest BCUT2D eigenvalue weighted by Gasteiger charge is -2.03. The Morgan fingerprint density at radius 1 is 1.42 bits per heavy atom. The number of hydrogen-bond acceptors (Lipinski definition) is 5. The number of nitrogens with one attached hydrogen (secondary N) is 1. The van der Waals surface area contributed by atoms with E-state index in [2.05, 4.69) is 10.3 Å². The third-order valence-corrected chi connectivity index (χ3v) is 3.15. The van der Waals surface area contributed by atoms with Gasteiger partial charge in [0.25, 0.3) is 0 Å². The van der Waals surface area contributed by atoms with Crippen LogP contribution < -0.4 is 15.8 Å². The summed E-state index contributed by atoms with van der Waals surface area (Å²) in [7, 11) is 0. The van der Waals surface area contributed by atoms with Gasteiger partial charge in [-0.15, -0.1) is 11.3 Å². The fourth-order valence-corrected chi connectivity index (χ4v) is 2.26. The van der Waals surface area contributed by atoms with Crippen LogP contribution in [0.25, 0.3) is 11.3 Å². The van der Waals surface area contributed by atoms with Crippen LogP contribution in [-0.4, -0.2) is 24.0 Å². The summed E-state index contributed by atoms with van der Waals surface area (Å²) in [4.78, 5) is 15.5. The van der Waals surface area contributed by atoms with E-state index in [1.807, 2.05) is 36.6 Å². The number of aromatic nitrogens is 1. The molecule has 2 rings (SSSR count). The van der Waals surface area contributed by atoms with Crippen LogP contribution in [-0.2, 0) is 4.79 Å². The first-order chi connectivity index (χ1) is 9.22. The highest BCUT2D eigenvalue weighted by Gasteiger charge is 2.07. The van der Waals surface area contributed by atoms with E-state index in [4.69, 9.17) is 10.5 Å². The maximum atomic E-state index is 11.2. The molecule has 0 radical (unpaired) electrons. The zero-order valence-electron chi connectivity index (χ0n) is 10.6. The standard InChI is InChI=1S/C13H15N3O2S/c1-2-18-10-5-3-9(4-6-10)11-8-19-13(15-11)16-12(17)7-14/h3-6,8H,2,7,14H2,1H3,(H,15,16,17). The normalized spacial score (nSPS) is 10.2. The van der Waals surface area contributed by atoms with Crippen LogP contribution in [0.3, 0.4) is 0 Å². The molecule has 6 heteroatoms. The summed E-state index contributed by atoms with van der Waals surface area (Å²) in [6.07, 6.45) is 0. The molecular weight excluding hydrogens is 262 g/mol. The van der Waals surface area contributed by atoms with E-state index in [-0.39, 0.29) is 12.5 Å². The van der Waals surface area contributed by atoms with Gasteiger partial charge in [-0.25, -0.2) is 4.98 Å². The molecule has 0 saturated carbocycles. The van der Waals surface area contributed by atoms with Gasteiger partial charge in [0.1, 0.15) is 5.75 Å². The lowest BCUT2D eigenvalue weighted by Crippen LogP contribution is -2.21. The molecule has 1 aromatic heterocycles. The summed E-state index contributed by atoms with van der Waals surface area (Å²) in [5.41, 5.74) is 7.03. The lowest BCUT2D eigenvalue weighted by atomic mass is 10.2. The molecule has 0 unspecified atom stereocenters. The van der Waals surface area contributed by atoms with Crippen molar-refractivity contribution in [3.8, 4) is 17.0 Å². The minimum Gasteiger partial charge on any atom is -0.494 e. The largest absolute Gasteiger partial charge is 0.494 e. The predicted molar refractivity (Wildman–Crippen MR) is 76.4 cm³/mol. The van der Waals surface area contributed by atoms with Gasteiger partial charge in [0.2, 0.25) is 5.91 Å². The molecular formula is C13H15N3O2S. The molecule has 0 saturated heterocycles. The highest BCUT2D eigenvalue weighted by Crippen LogP contribution is 2.26. The van der Waals surface area contributed by atoms with Crippen LogP contribution in [0.1, 0.15) is 6.92 Å². The smallest absolute Gasteiger partial charge is 0.239 e. The first-order valence-corrected chi connectivity index (χ1v) is 6.79. The number of amides is 1. The van der Waals surface area contributed by atoms with E-state index in [0.717, 1.165) is 17.0 Å². The maximum Gasteiger partial charge on any atom is 0.239 e. The first-order valence-electron chi connectivity index (χ1n) is 5.91. The fraction of sp³-hybridized carbons (Fsp3) is 0.231. The van der Waals surface area contributed by atoms with Gasteiger partial charge in [-0.1, -0.05) is 0 Å². The molecule has 0 spiro atoms. The minimum atomic E-state index is -0.243. The van der Waals surface area contributed by atoms with Gasteiger partial charge in [0.15, 0.2) is 5.13 Å². The van der Waals surface area contributed by atoms with Gasteiger partial charge in [-0.05, 0) is 31.2 Å². The van der Waals surface area contributed by atoms with Gasteiger partial charge in [-0.3, -0.25) is 4.79 Å². The Morgan fingerprint density at radius 3 is 2.79 bits per heavy atom. The zero-order valence-corrected chi connectivity index (χ0v) is 11.4. The molecule has 100 valence electrons. The van der Waals surface area contributed by atoms with Crippen LogP contribution >= 0.6 is 11.3 Å². The van der Waals surface area contributed by atoms with Gasteiger partial charge < -0.3 is 15.8 Å². The Hall–Kier alpha value is -1.92. The SMILES string of the molecule is CCOc1ccc(-c2csc(NC(=O)CN)n2)cc1. The van der Waals surface area contributed by atoms with Crippen molar-refractivity contribution in [3.05, 3.63) is 29.6 Å². The van der Waals surface area contributed by atoms with Crippen molar-refractivity contribution in [2.75, 3.05) is 18.5 Å². The molecule has 0 aliphatic carbocycles. The number of hydrogen-bond donors (Lipinski definition) is 2. The quantitative estimate of drug-likeness (QED) is 0.877. The molecule has 0 fully saturated rings. The molecule has 2 aromatic rings. The highest BCUT2D eigenvalue weighted by atomic mass is 32.1. The van der Waals surface area contributed by atoms with Crippen molar-refractivity contribution < 1.29 is 9.53 Å². The Morgan fingerprint density at radius 2 is 2.16 bits per heavy atom. The van der Waals surface area contributed by atoms with Crippen molar-refractivity contribution >= 4 is 22.4 Å². The molecule has 0 atom stereocenters. The van der Waals surface area contributed by atoms with Crippen molar-refractivity contribution in [1.29, 1.82) is 0 Å². The summed E-state index contributed by atoms with van der Waals surface area (Å²) >= 11 is 1.37. The molecule has 5 nitrogen and oxygen atoms in total. The van der Waals surface area contributed by atoms with E-state index in [0.29, 0.717) is 11.7 Å². The Labute approximate surface area is 115 Å². The fourth-order valence-electron chi connectivity index (χ4n) is 1.52. The van der Waals surface area contributed by atoms with Crippen LogP contribution in [0.5, 0.6) is 5.75 Å². The highest BCUT2D eigenvalue weighted by molar-refractivity contribution is 7.14.